The number of rotatable bonds is 5. The molecule has 1 atom stereocenters. The predicted octanol–water partition coefficient (Wildman–Crippen LogP) is 6.22. The van der Waals surface area contributed by atoms with Gasteiger partial charge in [0.1, 0.15) is 0 Å². The van der Waals surface area contributed by atoms with E-state index in [1.807, 2.05) is 18.2 Å². The summed E-state index contributed by atoms with van der Waals surface area (Å²) < 4.78 is 0. The second-order valence-electron chi connectivity index (χ2n) is 11.0. The molecule has 194 valence electrons. The molecule has 1 aromatic heterocycles. The van der Waals surface area contributed by atoms with Crippen LogP contribution in [0, 0.1) is 5.92 Å². The van der Waals surface area contributed by atoms with Crippen LogP contribution in [0.3, 0.4) is 0 Å². The monoisotopic (exact) mass is 537 g/mol. The highest BCUT2D eigenvalue weighted by Crippen LogP contribution is 2.33. The summed E-state index contributed by atoms with van der Waals surface area (Å²) in [4.78, 5) is 7.19. The fourth-order valence-electron chi connectivity index (χ4n) is 5.69. The molecule has 3 aliphatic heterocycles. The summed E-state index contributed by atoms with van der Waals surface area (Å²) in [6.45, 7) is 7.71. The average molecular weight is 539 g/mol. The lowest BCUT2D eigenvalue weighted by atomic mass is 9.79. The minimum atomic E-state index is -0.354. The maximum atomic E-state index is 10.6. The van der Waals surface area contributed by atoms with Crippen molar-refractivity contribution in [1.29, 1.82) is 0 Å². The molecular formula is C28H41Cl2N3OS. The molecule has 0 aliphatic carbocycles. The van der Waals surface area contributed by atoms with E-state index in [-0.39, 0.29) is 5.60 Å². The van der Waals surface area contributed by atoms with Gasteiger partial charge in [-0.2, -0.15) is 11.3 Å². The molecule has 5 rings (SSSR count). The summed E-state index contributed by atoms with van der Waals surface area (Å²) in [7, 11) is 4.34. The second-order valence-corrected chi connectivity index (χ2v) is 12.6. The first kappa shape index (κ1) is 27.4. The van der Waals surface area contributed by atoms with Crippen LogP contribution in [-0.4, -0.2) is 78.8 Å². The number of hydrogen-bond acceptors (Lipinski definition) is 5. The van der Waals surface area contributed by atoms with Gasteiger partial charge < -0.3 is 14.9 Å². The van der Waals surface area contributed by atoms with Gasteiger partial charge in [-0.05, 0) is 124 Å². The maximum absolute atomic E-state index is 10.6. The standard InChI is InChI=1S/C15H15Cl2NS.C13H26N2O/c16-14-2-1-12(15(17)7-14)9-18-5-3-11(8-18)13-4-6-19-10-13;1-14-7-3-12(4-8-14)11-13(16)5-9-15(2)10-6-13/h1-2,4,6-7,10-11H,3,5,8-9H2;12,16H,3-11H2,1-2H3/t11-;/m1./s1. The molecule has 2 aromatic rings. The number of halogens is 2. The van der Waals surface area contributed by atoms with Crippen molar-refractivity contribution in [3.8, 4) is 0 Å². The topological polar surface area (TPSA) is 30.0 Å². The first-order valence-electron chi connectivity index (χ1n) is 13.1. The Hall–Kier alpha value is -0.660. The number of aliphatic hydroxyl groups is 1. The van der Waals surface area contributed by atoms with Crippen LogP contribution < -0.4 is 0 Å². The van der Waals surface area contributed by atoms with Crippen LogP contribution in [0.2, 0.25) is 10.0 Å². The number of thiophene rings is 1. The van der Waals surface area contributed by atoms with Gasteiger partial charge in [-0.1, -0.05) is 29.3 Å². The van der Waals surface area contributed by atoms with Crippen molar-refractivity contribution >= 4 is 34.5 Å². The van der Waals surface area contributed by atoms with Crippen LogP contribution >= 0.6 is 34.5 Å². The third-order valence-electron chi connectivity index (χ3n) is 8.12. The quantitative estimate of drug-likeness (QED) is 0.490. The largest absolute Gasteiger partial charge is 0.390 e. The van der Waals surface area contributed by atoms with Gasteiger partial charge in [-0.3, -0.25) is 4.90 Å². The van der Waals surface area contributed by atoms with Gasteiger partial charge in [0.05, 0.1) is 5.60 Å². The molecular weight excluding hydrogens is 497 g/mol. The number of hydrogen-bond donors (Lipinski definition) is 1. The van der Waals surface area contributed by atoms with Crippen molar-refractivity contribution in [3.05, 3.63) is 56.2 Å². The van der Waals surface area contributed by atoms with Crippen LogP contribution in [0.15, 0.2) is 35.0 Å². The molecule has 7 heteroatoms. The zero-order chi connectivity index (χ0) is 24.8. The van der Waals surface area contributed by atoms with Gasteiger partial charge in [0, 0.05) is 36.2 Å². The van der Waals surface area contributed by atoms with E-state index in [0.717, 1.165) is 68.5 Å². The number of piperidine rings is 2. The molecule has 1 aromatic carbocycles. The first-order valence-corrected chi connectivity index (χ1v) is 14.8. The molecule has 0 spiro atoms. The third-order valence-corrected chi connectivity index (χ3v) is 9.41. The number of nitrogens with zero attached hydrogens (tertiary/aromatic N) is 3. The smallest absolute Gasteiger partial charge is 0.0674 e. The van der Waals surface area contributed by atoms with E-state index < -0.39 is 0 Å². The summed E-state index contributed by atoms with van der Waals surface area (Å²) in [5, 5.41) is 16.5. The molecule has 3 aliphatic rings. The van der Waals surface area contributed by atoms with Crippen molar-refractivity contribution in [2.75, 3.05) is 53.4 Å². The van der Waals surface area contributed by atoms with E-state index in [4.69, 9.17) is 23.2 Å². The normalized spacial score (nSPS) is 24.3. The summed E-state index contributed by atoms with van der Waals surface area (Å²) in [5.74, 6) is 1.43. The van der Waals surface area contributed by atoms with Crippen LogP contribution in [-0.2, 0) is 6.54 Å². The Morgan fingerprint density at radius 2 is 1.69 bits per heavy atom. The molecule has 3 saturated heterocycles. The highest BCUT2D eigenvalue weighted by molar-refractivity contribution is 7.08. The molecule has 0 bridgehead atoms. The fourth-order valence-corrected chi connectivity index (χ4v) is 6.90. The van der Waals surface area contributed by atoms with Crippen LogP contribution in [0.4, 0.5) is 0 Å². The van der Waals surface area contributed by atoms with E-state index in [9.17, 15) is 5.11 Å². The Morgan fingerprint density at radius 3 is 2.34 bits per heavy atom. The van der Waals surface area contributed by atoms with E-state index in [0.29, 0.717) is 10.9 Å². The molecule has 35 heavy (non-hydrogen) atoms. The summed E-state index contributed by atoms with van der Waals surface area (Å²) in [5.41, 5.74) is 2.29. The molecule has 4 heterocycles. The predicted molar refractivity (Wildman–Crippen MR) is 150 cm³/mol. The molecule has 4 nitrogen and oxygen atoms in total. The minimum absolute atomic E-state index is 0.354. The highest BCUT2D eigenvalue weighted by Gasteiger charge is 2.34. The van der Waals surface area contributed by atoms with Crippen LogP contribution in [0.1, 0.15) is 55.6 Å². The number of likely N-dealkylation sites (tertiary alicyclic amines) is 3. The Kier molecular flexibility index (Phi) is 9.96. The van der Waals surface area contributed by atoms with Crippen molar-refractivity contribution in [1.82, 2.24) is 14.7 Å². The lowest BCUT2D eigenvalue weighted by Crippen LogP contribution is -2.45. The van der Waals surface area contributed by atoms with E-state index in [2.05, 4.69) is 45.6 Å². The van der Waals surface area contributed by atoms with E-state index >= 15 is 0 Å². The van der Waals surface area contributed by atoms with Gasteiger partial charge in [0.15, 0.2) is 0 Å². The van der Waals surface area contributed by atoms with Gasteiger partial charge in [-0.25, -0.2) is 0 Å². The Bertz CT molecular complexity index is 909. The summed E-state index contributed by atoms with van der Waals surface area (Å²) >= 11 is 13.9. The van der Waals surface area contributed by atoms with Gasteiger partial charge in [-0.15, -0.1) is 0 Å². The Labute approximate surface area is 225 Å². The van der Waals surface area contributed by atoms with Gasteiger partial charge >= 0.3 is 0 Å². The third kappa shape index (κ3) is 8.16. The maximum Gasteiger partial charge on any atom is 0.0674 e. The molecule has 1 N–H and O–H groups in total. The average Bonchev–Trinajstić information content (AvgIpc) is 3.52. The first-order chi connectivity index (χ1) is 16.8. The highest BCUT2D eigenvalue weighted by atomic mass is 35.5. The minimum Gasteiger partial charge on any atom is -0.390 e. The lowest BCUT2D eigenvalue weighted by molar-refractivity contribution is -0.0398. The van der Waals surface area contributed by atoms with Gasteiger partial charge in [0.25, 0.3) is 0 Å². The summed E-state index contributed by atoms with van der Waals surface area (Å²) in [6, 6.07) is 8.01. The van der Waals surface area contributed by atoms with Crippen LogP contribution in [0.25, 0.3) is 0 Å². The fraction of sp³-hybridized carbons (Fsp3) is 0.643. The van der Waals surface area contributed by atoms with Crippen molar-refractivity contribution in [2.45, 2.75) is 56.6 Å². The second kappa shape index (κ2) is 12.7. The summed E-state index contributed by atoms with van der Waals surface area (Å²) in [6.07, 6.45) is 6.76. The zero-order valence-corrected chi connectivity index (χ0v) is 23.6. The van der Waals surface area contributed by atoms with Crippen LogP contribution in [0.5, 0.6) is 0 Å². The zero-order valence-electron chi connectivity index (χ0n) is 21.3. The SMILES string of the molecule is CN1CCC(CC2(O)CCN(C)CC2)CC1.Clc1ccc(CN2CC[C@@H](c3ccsc3)C2)c(Cl)c1. The Balaban J connectivity index is 0.000000168. The molecule has 0 radical (unpaired) electrons. The van der Waals surface area contributed by atoms with Crippen molar-refractivity contribution in [2.24, 2.45) is 5.92 Å². The molecule has 0 unspecified atom stereocenters. The molecule has 0 saturated carbocycles. The van der Waals surface area contributed by atoms with E-state index in [1.54, 1.807) is 11.3 Å². The molecule has 0 amide bonds. The lowest BCUT2D eigenvalue weighted by Gasteiger charge is -2.40. The van der Waals surface area contributed by atoms with E-state index in [1.165, 1.54) is 37.9 Å². The van der Waals surface area contributed by atoms with Crippen molar-refractivity contribution in [3.63, 3.8) is 0 Å². The van der Waals surface area contributed by atoms with Gasteiger partial charge in [0.2, 0.25) is 0 Å². The molecule has 3 fully saturated rings. The van der Waals surface area contributed by atoms with Crippen molar-refractivity contribution < 1.29 is 5.11 Å². The Morgan fingerprint density at radius 1 is 0.971 bits per heavy atom. The number of benzene rings is 1.